The monoisotopic (exact) mass is 211 g/mol. The highest BCUT2D eigenvalue weighted by Crippen LogP contribution is 2.21. The molecule has 1 aliphatic carbocycles. The van der Waals surface area contributed by atoms with Crippen LogP contribution < -0.4 is 10.6 Å². The lowest BCUT2D eigenvalue weighted by Gasteiger charge is -2.03. The van der Waals surface area contributed by atoms with E-state index in [1.54, 1.807) is 18.2 Å². The number of allylic oxidation sites excluding steroid dienone is 4. The lowest BCUT2D eigenvalue weighted by Crippen LogP contribution is -2.24. The molecule has 0 amide bonds. The van der Waals surface area contributed by atoms with E-state index >= 15 is 0 Å². The van der Waals surface area contributed by atoms with Gasteiger partial charge >= 0.3 is 5.97 Å². The minimum Gasteiger partial charge on any atom is -0.478 e. The fourth-order valence-corrected chi connectivity index (χ4v) is 2.04. The average molecular weight is 211 g/mol. The Morgan fingerprint density at radius 2 is 2.25 bits per heavy atom. The Hall–Kier alpha value is -2.16. The molecule has 0 unspecified atom stereocenters. The Labute approximate surface area is 91.8 Å². The van der Waals surface area contributed by atoms with E-state index in [-0.39, 0.29) is 0 Å². The predicted molar refractivity (Wildman–Crippen MR) is 59.4 cm³/mol. The maximum absolute atomic E-state index is 10.9. The minimum atomic E-state index is -0.896. The number of hydrogen-bond donors (Lipinski definition) is 1. The van der Waals surface area contributed by atoms with Crippen molar-refractivity contribution in [2.75, 3.05) is 0 Å². The Kier molecular flexibility index (Phi) is 1.80. The number of carboxylic acid groups (broad SMARTS) is 1. The van der Waals surface area contributed by atoms with Crippen LogP contribution in [0.15, 0.2) is 47.1 Å². The van der Waals surface area contributed by atoms with Crippen LogP contribution in [0.4, 0.5) is 0 Å². The first-order chi connectivity index (χ1) is 7.75. The summed E-state index contributed by atoms with van der Waals surface area (Å²) in [6, 6.07) is 5.07. The molecule has 0 saturated carbocycles. The van der Waals surface area contributed by atoms with E-state index in [1.165, 1.54) is 0 Å². The maximum Gasteiger partial charge on any atom is 0.335 e. The molecule has 0 bridgehead atoms. The molecule has 0 radical (unpaired) electrons. The van der Waals surface area contributed by atoms with Crippen LogP contribution in [-0.4, -0.2) is 11.1 Å². The van der Waals surface area contributed by atoms with Crippen LogP contribution in [0.5, 0.6) is 0 Å². The first kappa shape index (κ1) is 9.09. The fourth-order valence-electron chi connectivity index (χ4n) is 2.04. The molecule has 1 heterocycles. The number of benzene rings is 1. The van der Waals surface area contributed by atoms with Crippen molar-refractivity contribution >= 4 is 11.5 Å². The van der Waals surface area contributed by atoms with Crippen molar-refractivity contribution in [3.8, 4) is 0 Å². The van der Waals surface area contributed by atoms with Crippen molar-refractivity contribution < 1.29 is 9.90 Å². The first-order valence-electron chi connectivity index (χ1n) is 5.08. The van der Waals surface area contributed by atoms with Gasteiger partial charge in [-0.2, -0.15) is 0 Å². The molecule has 1 aromatic carbocycles. The van der Waals surface area contributed by atoms with Crippen LogP contribution in [0.3, 0.4) is 0 Å². The van der Waals surface area contributed by atoms with Gasteiger partial charge in [-0.3, -0.25) is 0 Å². The third-order valence-corrected chi connectivity index (χ3v) is 2.83. The second-order valence-corrected chi connectivity index (χ2v) is 3.81. The van der Waals surface area contributed by atoms with Gasteiger partial charge in [0.05, 0.1) is 16.6 Å². The average Bonchev–Trinajstić information content (AvgIpc) is 2.66. The molecule has 16 heavy (non-hydrogen) atoms. The lowest BCUT2D eigenvalue weighted by atomic mass is 10.0. The summed E-state index contributed by atoms with van der Waals surface area (Å²) >= 11 is 0. The molecule has 1 aliphatic heterocycles. The van der Waals surface area contributed by atoms with E-state index in [1.807, 2.05) is 12.2 Å². The molecule has 0 atom stereocenters. The van der Waals surface area contributed by atoms with Crippen molar-refractivity contribution in [1.29, 1.82) is 0 Å². The van der Waals surface area contributed by atoms with Gasteiger partial charge in [0.15, 0.2) is 0 Å². The molecule has 0 spiro atoms. The molecule has 0 saturated heterocycles. The van der Waals surface area contributed by atoms with Gasteiger partial charge in [0.25, 0.3) is 0 Å². The van der Waals surface area contributed by atoms with Gasteiger partial charge in [0.2, 0.25) is 0 Å². The summed E-state index contributed by atoms with van der Waals surface area (Å²) in [6.45, 7) is 0. The molecule has 2 aliphatic rings. The van der Waals surface area contributed by atoms with Gasteiger partial charge in [-0.05, 0) is 36.3 Å². The Morgan fingerprint density at radius 1 is 1.38 bits per heavy atom. The van der Waals surface area contributed by atoms with Crippen LogP contribution in [0.2, 0.25) is 0 Å². The summed E-state index contributed by atoms with van der Waals surface area (Å²) in [4.78, 5) is 15.3. The fraction of sp³-hybridized carbons (Fsp3) is 0.0769. The topological polar surface area (TPSA) is 49.7 Å². The summed E-state index contributed by atoms with van der Waals surface area (Å²) in [5, 5.41) is 10.8. The molecule has 78 valence electrons. The summed E-state index contributed by atoms with van der Waals surface area (Å²) in [5.74, 6) is -0.896. The van der Waals surface area contributed by atoms with Gasteiger partial charge in [0.1, 0.15) is 0 Å². The molecule has 1 aromatic rings. The highest BCUT2D eigenvalue weighted by Gasteiger charge is 2.14. The van der Waals surface area contributed by atoms with Crippen molar-refractivity contribution in [2.45, 2.75) is 6.42 Å². The largest absolute Gasteiger partial charge is 0.478 e. The van der Waals surface area contributed by atoms with Crippen LogP contribution in [0.25, 0.3) is 5.57 Å². The standard InChI is InChI=1S/C13H9NO2/c15-13(16)8-5-6-12-10(7-8)9-3-1-2-4-11(9)14-12/h1-2,4-7H,3H2,(H,15,16). The zero-order valence-electron chi connectivity index (χ0n) is 8.47. The molecule has 3 heteroatoms. The molecule has 1 N–H and O–H groups in total. The van der Waals surface area contributed by atoms with E-state index in [4.69, 9.17) is 5.11 Å². The number of rotatable bonds is 1. The molecule has 3 rings (SSSR count). The third-order valence-electron chi connectivity index (χ3n) is 2.83. The maximum atomic E-state index is 10.9. The van der Waals surface area contributed by atoms with E-state index < -0.39 is 5.97 Å². The normalized spacial score (nSPS) is 16.2. The summed E-state index contributed by atoms with van der Waals surface area (Å²) in [7, 11) is 0. The van der Waals surface area contributed by atoms with Crippen LogP contribution in [-0.2, 0) is 0 Å². The second-order valence-electron chi connectivity index (χ2n) is 3.81. The molecule has 3 nitrogen and oxygen atoms in total. The van der Waals surface area contributed by atoms with E-state index in [0.717, 1.165) is 28.3 Å². The third kappa shape index (κ3) is 1.21. The minimum absolute atomic E-state index is 0.317. The Bertz CT molecular complexity index is 666. The number of carboxylic acids is 1. The van der Waals surface area contributed by atoms with E-state index in [9.17, 15) is 4.79 Å². The highest BCUT2D eigenvalue weighted by atomic mass is 16.4. The molecule has 0 aromatic heterocycles. The highest BCUT2D eigenvalue weighted by molar-refractivity contribution is 5.88. The zero-order valence-corrected chi connectivity index (χ0v) is 8.47. The number of hydrogen-bond acceptors (Lipinski definition) is 2. The summed E-state index contributed by atoms with van der Waals surface area (Å²) in [6.07, 6.45) is 6.81. The van der Waals surface area contributed by atoms with Gasteiger partial charge in [-0.25, -0.2) is 9.79 Å². The Balaban J connectivity index is 2.34. The lowest BCUT2D eigenvalue weighted by molar-refractivity contribution is 0.0697. The van der Waals surface area contributed by atoms with Crippen molar-refractivity contribution in [3.05, 3.63) is 58.3 Å². The second kappa shape index (κ2) is 3.17. The van der Waals surface area contributed by atoms with Gasteiger partial charge in [0, 0.05) is 5.22 Å². The van der Waals surface area contributed by atoms with Gasteiger partial charge < -0.3 is 5.11 Å². The van der Waals surface area contributed by atoms with Crippen LogP contribution in [0.1, 0.15) is 16.8 Å². The van der Waals surface area contributed by atoms with E-state index in [2.05, 4.69) is 11.1 Å². The van der Waals surface area contributed by atoms with E-state index in [0.29, 0.717) is 5.56 Å². The van der Waals surface area contributed by atoms with Crippen molar-refractivity contribution in [1.82, 2.24) is 0 Å². The zero-order chi connectivity index (χ0) is 11.1. The number of fused-ring (bicyclic) bond motifs is 2. The van der Waals surface area contributed by atoms with Crippen molar-refractivity contribution in [2.24, 2.45) is 4.99 Å². The number of carbonyl (C=O) groups is 1. The molecular formula is C13H9NO2. The molecular weight excluding hydrogens is 202 g/mol. The van der Waals surface area contributed by atoms with Crippen molar-refractivity contribution in [3.63, 3.8) is 0 Å². The predicted octanol–water partition coefficient (Wildman–Crippen LogP) is 1.01. The van der Waals surface area contributed by atoms with Gasteiger partial charge in [-0.15, -0.1) is 0 Å². The number of aromatic carboxylic acids is 1. The SMILES string of the molecule is O=C(O)c1ccc2c(c1)=C1CC=CC=C1N=2. The van der Waals surface area contributed by atoms with Crippen LogP contribution >= 0.6 is 0 Å². The first-order valence-corrected chi connectivity index (χ1v) is 5.08. The summed E-state index contributed by atoms with van der Waals surface area (Å²) in [5.41, 5.74) is 2.40. The van der Waals surface area contributed by atoms with Crippen LogP contribution in [0, 0.1) is 0 Å². The smallest absolute Gasteiger partial charge is 0.335 e. The Morgan fingerprint density at radius 3 is 3.06 bits per heavy atom. The summed E-state index contributed by atoms with van der Waals surface area (Å²) < 4.78 is 0. The molecule has 0 fully saturated rings. The van der Waals surface area contributed by atoms with Gasteiger partial charge in [-0.1, -0.05) is 12.2 Å². The number of nitrogens with zero attached hydrogens (tertiary/aromatic N) is 1. The quantitative estimate of drug-likeness (QED) is 0.753.